The van der Waals surface area contributed by atoms with Gasteiger partial charge in [-0.05, 0) is 12.1 Å². The van der Waals surface area contributed by atoms with E-state index in [1.54, 1.807) is 0 Å². The van der Waals surface area contributed by atoms with Gasteiger partial charge in [-0.15, -0.1) is 0 Å². The normalized spacial score (nSPS) is 6.86. The van der Waals surface area contributed by atoms with Gasteiger partial charge in [0.1, 0.15) is 0 Å². The zero-order valence-electron chi connectivity index (χ0n) is 10.5. The molecule has 114 valence electrons. The van der Waals surface area contributed by atoms with Gasteiger partial charge in [0.05, 0.1) is 0 Å². The Hall–Kier alpha value is -3.36. The molecule has 0 aromatic heterocycles. The molecule has 1 aromatic rings. The predicted molar refractivity (Wildman–Crippen MR) is 67.8 cm³/mol. The first-order valence-electron chi connectivity index (χ1n) is 4.83. The summed E-state index contributed by atoms with van der Waals surface area (Å²) in [6.07, 6.45) is 1.17. The van der Waals surface area contributed by atoms with Crippen LogP contribution in [0.3, 0.4) is 0 Å². The molecule has 0 heterocycles. The maximum absolute atomic E-state index is 8.81. The van der Waals surface area contributed by atoms with Crippen molar-refractivity contribution in [2.24, 2.45) is 0 Å². The van der Waals surface area contributed by atoms with Gasteiger partial charge >= 0.3 is 0 Å². The lowest BCUT2D eigenvalue weighted by Gasteiger charge is -1.96. The molecule has 0 atom stereocenters. The van der Waals surface area contributed by atoms with E-state index in [1.165, 1.54) is 18.2 Å². The summed E-state index contributed by atoms with van der Waals surface area (Å²) in [7, 11) is 0. The van der Waals surface area contributed by atoms with Gasteiger partial charge in [0.25, 0.3) is 0 Å². The van der Waals surface area contributed by atoms with Crippen molar-refractivity contribution < 1.29 is 44.1 Å². The summed E-state index contributed by atoms with van der Waals surface area (Å²) in [4.78, 5) is 52.8. The van der Waals surface area contributed by atoms with Crippen molar-refractivity contribution in [1.29, 1.82) is 0 Å². The fourth-order valence-corrected chi connectivity index (χ4v) is 0.519. The highest BCUT2D eigenvalue weighted by molar-refractivity contribution is 6.09. The lowest BCUT2D eigenvalue weighted by molar-refractivity contribution is -0.122. The number of benzene rings is 1. The summed E-state index contributed by atoms with van der Waals surface area (Å²) in [5.41, 5.74) is 0. The number of aldehydes is 6. The van der Waals surface area contributed by atoms with Crippen LogP contribution in [0.2, 0.25) is 0 Å². The Balaban J connectivity index is -0.000000230. The molecule has 9 nitrogen and oxygen atoms in total. The molecule has 1 rings (SSSR count). The van der Waals surface area contributed by atoms with E-state index in [9.17, 15) is 0 Å². The molecule has 0 saturated carbocycles. The van der Waals surface area contributed by atoms with E-state index < -0.39 is 5.75 Å². The molecule has 0 radical (unpaired) electrons. The number of carbonyl (C=O) groups excluding carboxylic acids is 6. The van der Waals surface area contributed by atoms with Crippen LogP contribution in [0.4, 0.5) is 0 Å². The molecular formula is C12H12O9. The third-order valence-electron chi connectivity index (χ3n) is 1.16. The van der Waals surface area contributed by atoms with Gasteiger partial charge in [-0.1, -0.05) is 6.07 Å². The molecular weight excluding hydrogens is 288 g/mol. The van der Waals surface area contributed by atoms with Crippen LogP contribution in [-0.2, 0) is 28.8 Å². The first-order chi connectivity index (χ1) is 9.96. The Morgan fingerprint density at radius 2 is 0.810 bits per heavy atom. The van der Waals surface area contributed by atoms with Crippen molar-refractivity contribution in [3.63, 3.8) is 0 Å². The number of hydrogen-bond acceptors (Lipinski definition) is 9. The molecule has 0 amide bonds. The van der Waals surface area contributed by atoms with Gasteiger partial charge in [-0.2, -0.15) is 0 Å². The summed E-state index contributed by atoms with van der Waals surface area (Å²) < 4.78 is 0. The number of phenols is 3. The van der Waals surface area contributed by atoms with Crippen LogP contribution in [0.15, 0.2) is 18.2 Å². The van der Waals surface area contributed by atoms with E-state index in [4.69, 9.17) is 44.1 Å². The zero-order valence-corrected chi connectivity index (χ0v) is 10.5. The fraction of sp³-hybridized carbons (Fsp3) is 0. The Bertz CT molecular complexity index is 387. The Morgan fingerprint density at radius 3 is 0.952 bits per heavy atom. The highest BCUT2D eigenvalue weighted by Crippen LogP contribution is 2.32. The topological polar surface area (TPSA) is 163 Å². The molecule has 0 spiro atoms. The van der Waals surface area contributed by atoms with Gasteiger partial charge in [0.15, 0.2) is 55.0 Å². The van der Waals surface area contributed by atoms with Crippen LogP contribution in [0, 0.1) is 0 Å². The minimum absolute atomic E-state index is 0.194. The smallest absolute Gasteiger partial charge is 0.200 e. The molecule has 0 fully saturated rings. The third kappa shape index (κ3) is 19.2. The Labute approximate surface area is 118 Å². The molecule has 0 aliphatic heterocycles. The molecule has 0 aliphatic rings. The average molecular weight is 300 g/mol. The number of rotatable bonds is 3. The molecule has 3 N–H and O–H groups in total. The first kappa shape index (κ1) is 22.8. The lowest BCUT2D eigenvalue weighted by atomic mass is 10.3. The summed E-state index contributed by atoms with van der Waals surface area (Å²) in [6, 6.07) is 4.01. The monoisotopic (exact) mass is 300 g/mol. The van der Waals surface area contributed by atoms with Crippen molar-refractivity contribution in [2.45, 2.75) is 0 Å². The molecule has 21 heavy (non-hydrogen) atoms. The number of aromatic hydroxyl groups is 3. The number of para-hydroxylation sites is 1. The summed E-state index contributed by atoms with van der Waals surface area (Å²) in [6.45, 7) is 0. The van der Waals surface area contributed by atoms with Crippen LogP contribution in [0.5, 0.6) is 17.2 Å². The van der Waals surface area contributed by atoms with Crippen LogP contribution >= 0.6 is 0 Å². The van der Waals surface area contributed by atoms with E-state index in [0.29, 0.717) is 0 Å². The molecule has 0 bridgehead atoms. The van der Waals surface area contributed by atoms with E-state index in [2.05, 4.69) is 0 Å². The van der Waals surface area contributed by atoms with Crippen LogP contribution in [0.25, 0.3) is 0 Å². The van der Waals surface area contributed by atoms with Crippen molar-refractivity contribution in [2.75, 3.05) is 0 Å². The number of carbonyl (C=O) groups is 6. The average Bonchev–Trinajstić information content (AvgIpc) is 2.53. The second-order valence-corrected chi connectivity index (χ2v) is 2.46. The maximum atomic E-state index is 8.81. The lowest BCUT2D eigenvalue weighted by Crippen LogP contribution is -1.67. The summed E-state index contributed by atoms with van der Waals surface area (Å²) in [5, 5.41) is 26.1. The van der Waals surface area contributed by atoms with Gasteiger partial charge in [-0.25, -0.2) is 0 Å². The van der Waals surface area contributed by atoms with Crippen LogP contribution < -0.4 is 0 Å². The zero-order chi connectivity index (χ0) is 17.1. The van der Waals surface area contributed by atoms with Crippen molar-refractivity contribution in [1.82, 2.24) is 0 Å². The molecule has 0 saturated heterocycles. The maximum Gasteiger partial charge on any atom is 0.200 e. The largest absolute Gasteiger partial charge is 0.504 e. The Kier molecular flexibility index (Phi) is 20.6. The van der Waals surface area contributed by atoms with Gasteiger partial charge in [0, 0.05) is 0 Å². The van der Waals surface area contributed by atoms with E-state index >= 15 is 0 Å². The second-order valence-electron chi connectivity index (χ2n) is 2.46. The van der Waals surface area contributed by atoms with Crippen LogP contribution in [-0.4, -0.2) is 53.0 Å². The summed E-state index contributed by atoms with van der Waals surface area (Å²) in [5.74, 6) is -1.09. The number of phenolic OH excluding ortho intramolecular Hbond substituents is 3. The van der Waals surface area contributed by atoms with Gasteiger partial charge in [0.2, 0.25) is 0 Å². The van der Waals surface area contributed by atoms with Crippen molar-refractivity contribution in [3.05, 3.63) is 18.2 Å². The molecule has 9 heteroatoms. The molecule has 0 unspecified atom stereocenters. The molecule has 0 aliphatic carbocycles. The minimum Gasteiger partial charge on any atom is -0.504 e. The second kappa shape index (κ2) is 19.0. The summed E-state index contributed by atoms with van der Waals surface area (Å²) >= 11 is 0. The quantitative estimate of drug-likeness (QED) is 0.359. The van der Waals surface area contributed by atoms with Crippen LogP contribution in [0.1, 0.15) is 0 Å². The van der Waals surface area contributed by atoms with Crippen molar-refractivity contribution >= 4 is 37.7 Å². The Morgan fingerprint density at radius 1 is 0.571 bits per heavy atom. The van der Waals surface area contributed by atoms with Crippen molar-refractivity contribution in [3.8, 4) is 17.2 Å². The fourth-order valence-electron chi connectivity index (χ4n) is 0.519. The third-order valence-corrected chi connectivity index (χ3v) is 1.16. The SMILES string of the molecule is O=CC=O.O=CC=O.O=CC=O.Oc1cccc(O)c1O. The van der Waals surface area contributed by atoms with E-state index in [0.717, 1.165) is 0 Å². The number of hydrogen-bond donors (Lipinski definition) is 3. The first-order valence-corrected chi connectivity index (χ1v) is 4.83. The highest BCUT2D eigenvalue weighted by Gasteiger charge is 2.00. The standard InChI is InChI=1S/C6H6O3.3C2H2O2/c7-4-2-1-3-5(8)6(4)9;3*3-1-2-4/h1-3,7-9H;3*1-2H. The molecule has 1 aromatic carbocycles. The van der Waals surface area contributed by atoms with Gasteiger partial charge < -0.3 is 15.3 Å². The van der Waals surface area contributed by atoms with E-state index in [-0.39, 0.29) is 49.2 Å². The van der Waals surface area contributed by atoms with E-state index in [1.807, 2.05) is 0 Å². The predicted octanol–water partition coefficient (Wildman–Crippen LogP) is -1.04. The highest BCUT2D eigenvalue weighted by atomic mass is 16.3. The minimum atomic E-state index is -0.475. The van der Waals surface area contributed by atoms with Gasteiger partial charge in [-0.3, -0.25) is 28.8 Å².